The molecule has 2 N–H and O–H groups in total. The van der Waals surface area contributed by atoms with E-state index in [1.54, 1.807) is 6.07 Å². The molecule has 1 unspecified atom stereocenters. The van der Waals surface area contributed by atoms with Crippen LogP contribution in [0, 0.1) is 5.82 Å². The maximum Gasteiger partial charge on any atom is 0.123 e. The van der Waals surface area contributed by atoms with Gasteiger partial charge in [-0.15, -0.1) is 0 Å². The van der Waals surface area contributed by atoms with Gasteiger partial charge in [0.25, 0.3) is 0 Å². The molecule has 112 valence electrons. The van der Waals surface area contributed by atoms with Crippen LogP contribution in [0.2, 0.25) is 0 Å². The van der Waals surface area contributed by atoms with Gasteiger partial charge in [0.05, 0.1) is 0 Å². The summed E-state index contributed by atoms with van der Waals surface area (Å²) in [5.41, 5.74) is 7.50. The van der Waals surface area contributed by atoms with E-state index >= 15 is 0 Å². The normalized spacial score (nSPS) is 19.2. The topological polar surface area (TPSA) is 32.5 Å². The van der Waals surface area contributed by atoms with Crippen molar-refractivity contribution in [2.75, 3.05) is 26.2 Å². The highest BCUT2D eigenvalue weighted by Gasteiger charge is 2.20. The smallest absolute Gasteiger partial charge is 0.123 e. The first-order valence-corrected chi connectivity index (χ1v) is 7.57. The van der Waals surface area contributed by atoms with Gasteiger partial charge in [-0.05, 0) is 36.6 Å². The molecule has 0 aliphatic carbocycles. The number of hydrogen-bond acceptors (Lipinski definition) is 3. The molecule has 1 aromatic rings. The summed E-state index contributed by atoms with van der Waals surface area (Å²) in [4.78, 5) is 4.93. The van der Waals surface area contributed by atoms with E-state index in [2.05, 4.69) is 23.6 Å². The van der Waals surface area contributed by atoms with E-state index < -0.39 is 0 Å². The SMILES string of the molecule is CCC(C)N1CCN(Cc2cc(F)cc(CN)c2)CC1. The number of hydrogen-bond donors (Lipinski definition) is 1. The summed E-state index contributed by atoms with van der Waals surface area (Å²) >= 11 is 0. The van der Waals surface area contributed by atoms with Gasteiger partial charge in [-0.1, -0.05) is 13.0 Å². The average molecular weight is 279 g/mol. The number of halogens is 1. The quantitative estimate of drug-likeness (QED) is 0.897. The van der Waals surface area contributed by atoms with E-state index in [0.29, 0.717) is 12.6 Å². The van der Waals surface area contributed by atoms with Crippen LogP contribution in [-0.2, 0) is 13.1 Å². The van der Waals surface area contributed by atoms with E-state index in [1.165, 1.54) is 12.5 Å². The molecular formula is C16H26FN3. The average Bonchev–Trinajstić information content (AvgIpc) is 2.46. The Labute approximate surface area is 121 Å². The first-order valence-electron chi connectivity index (χ1n) is 7.57. The van der Waals surface area contributed by atoms with Crippen LogP contribution in [0.25, 0.3) is 0 Å². The fraction of sp³-hybridized carbons (Fsp3) is 0.625. The number of nitrogens with zero attached hydrogens (tertiary/aromatic N) is 2. The van der Waals surface area contributed by atoms with Gasteiger partial charge in [-0.3, -0.25) is 9.80 Å². The van der Waals surface area contributed by atoms with Crippen molar-refractivity contribution in [2.24, 2.45) is 5.73 Å². The fourth-order valence-corrected chi connectivity index (χ4v) is 2.81. The van der Waals surface area contributed by atoms with Crippen LogP contribution in [0.3, 0.4) is 0 Å². The van der Waals surface area contributed by atoms with E-state index in [4.69, 9.17) is 5.73 Å². The van der Waals surface area contributed by atoms with Crippen molar-refractivity contribution in [3.05, 3.63) is 35.1 Å². The summed E-state index contributed by atoms with van der Waals surface area (Å²) in [5, 5.41) is 0. The highest BCUT2D eigenvalue weighted by molar-refractivity contribution is 5.24. The molecule has 0 saturated carbocycles. The van der Waals surface area contributed by atoms with Gasteiger partial charge in [0, 0.05) is 45.3 Å². The minimum absolute atomic E-state index is 0.179. The molecule has 1 aliphatic rings. The standard InChI is InChI=1S/C16H26FN3/c1-3-13(2)20-6-4-19(5-7-20)12-15-8-14(11-18)9-16(17)10-15/h8-10,13H,3-7,11-12,18H2,1-2H3. The molecule has 1 heterocycles. The van der Waals surface area contributed by atoms with Crippen LogP contribution in [-0.4, -0.2) is 42.0 Å². The van der Waals surface area contributed by atoms with E-state index in [-0.39, 0.29) is 5.82 Å². The van der Waals surface area contributed by atoms with E-state index in [1.807, 2.05) is 6.07 Å². The molecule has 1 atom stereocenters. The summed E-state index contributed by atoms with van der Waals surface area (Å²) in [6.45, 7) is 10.1. The minimum atomic E-state index is -0.179. The Kier molecular flexibility index (Phi) is 5.52. The van der Waals surface area contributed by atoms with Gasteiger partial charge in [-0.25, -0.2) is 4.39 Å². The van der Waals surface area contributed by atoms with E-state index in [0.717, 1.165) is 43.9 Å². The summed E-state index contributed by atoms with van der Waals surface area (Å²) in [5.74, 6) is -0.179. The maximum atomic E-state index is 13.5. The highest BCUT2D eigenvalue weighted by atomic mass is 19.1. The zero-order chi connectivity index (χ0) is 14.5. The molecule has 0 bridgehead atoms. The van der Waals surface area contributed by atoms with Crippen LogP contribution in [0.5, 0.6) is 0 Å². The summed E-state index contributed by atoms with van der Waals surface area (Å²) in [6.07, 6.45) is 1.20. The lowest BCUT2D eigenvalue weighted by Crippen LogP contribution is -2.49. The molecule has 1 aromatic carbocycles. The first-order chi connectivity index (χ1) is 9.62. The zero-order valence-corrected chi connectivity index (χ0v) is 12.6. The first kappa shape index (κ1) is 15.4. The second kappa shape index (κ2) is 7.16. The predicted molar refractivity (Wildman–Crippen MR) is 80.9 cm³/mol. The molecular weight excluding hydrogens is 253 g/mol. The van der Waals surface area contributed by atoms with Crippen molar-refractivity contribution < 1.29 is 4.39 Å². The summed E-state index contributed by atoms with van der Waals surface area (Å²) in [7, 11) is 0. The van der Waals surface area contributed by atoms with Gasteiger partial charge in [0.1, 0.15) is 5.82 Å². The van der Waals surface area contributed by atoms with Crippen molar-refractivity contribution in [2.45, 2.75) is 39.4 Å². The van der Waals surface area contributed by atoms with Gasteiger partial charge in [-0.2, -0.15) is 0 Å². The molecule has 0 aromatic heterocycles. The number of piperazine rings is 1. The second-order valence-electron chi connectivity index (χ2n) is 5.74. The minimum Gasteiger partial charge on any atom is -0.326 e. The number of nitrogens with two attached hydrogens (primary N) is 1. The van der Waals surface area contributed by atoms with Crippen LogP contribution >= 0.6 is 0 Å². The third-order valence-electron chi connectivity index (χ3n) is 4.28. The van der Waals surface area contributed by atoms with Crippen molar-refractivity contribution in [3.8, 4) is 0 Å². The largest absolute Gasteiger partial charge is 0.326 e. The van der Waals surface area contributed by atoms with E-state index in [9.17, 15) is 4.39 Å². The van der Waals surface area contributed by atoms with Crippen molar-refractivity contribution in [1.82, 2.24) is 9.80 Å². The number of benzene rings is 1. The predicted octanol–water partition coefficient (Wildman–Crippen LogP) is 2.20. The molecule has 2 rings (SSSR count). The van der Waals surface area contributed by atoms with Gasteiger partial charge in [0.15, 0.2) is 0 Å². The van der Waals surface area contributed by atoms with Gasteiger partial charge < -0.3 is 5.73 Å². The molecule has 4 heteroatoms. The zero-order valence-electron chi connectivity index (χ0n) is 12.6. The van der Waals surface area contributed by atoms with Crippen LogP contribution in [0.4, 0.5) is 4.39 Å². The molecule has 1 aliphatic heterocycles. The second-order valence-corrected chi connectivity index (χ2v) is 5.74. The van der Waals surface area contributed by atoms with Crippen molar-refractivity contribution >= 4 is 0 Å². The Morgan fingerprint density at radius 3 is 2.40 bits per heavy atom. The molecule has 1 saturated heterocycles. The molecule has 0 amide bonds. The molecule has 20 heavy (non-hydrogen) atoms. The van der Waals surface area contributed by atoms with Crippen LogP contribution in [0.15, 0.2) is 18.2 Å². The Bertz CT molecular complexity index is 428. The summed E-state index contributed by atoms with van der Waals surface area (Å²) < 4.78 is 13.5. The van der Waals surface area contributed by atoms with Crippen molar-refractivity contribution in [1.29, 1.82) is 0 Å². The highest BCUT2D eigenvalue weighted by Crippen LogP contribution is 2.14. The molecule has 0 radical (unpaired) electrons. The lowest BCUT2D eigenvalue weighted by Gasteiger charge is -2.37. The van der Waals surface area contributed by atoms with Crippen LogP contribution in [0.1, 0.15) is 31.4 Å². The lowest BCUT2D eigenvalue weighted by atomic mass is 10.1. The maximum absolute atomic E-state index is 13.5. The van der Waals surface area contributed by atoms with Crippen LogP contribution < -0.4 is 5.73 Å². The fourth-order valence-electron chi connectivity index (χ4n) is 2.81. The Hall–Kier alpha value is -0.970. The Morgan fingerprint density at radius 2 is 1.80 bits per heavy atom. The number of rotatable bonds is 5. The third-order valence-corrected chi connectivity index (χ3v) is 4.28. The van der Waals surface area contributed by atoms with Gasteiger partial charge >= 0.3 is 0 Å². The van der Waals surface area contributed by atoms with Crippen molar-refractivity contribution in [3.63, 3.8) is 0 Å². The Balaban J connectivity index is 1.91. The lowest BCUT2D eigenvalue weighted by molar-refractivity contribution is 0.0963. The van der Waals surface area contributed by atoms with Gasteiger partial charge in [0.2, 0.25) is 0 Å². The molecule has 1 fully saturated rings. The molecule has 0 spiro atoms. The third kappa shape index (κ3) is 4.01. The monoisotopic (exact) mass is 279 g/mol. The molecule has 3 nitrogen and oxygen atoms in total. The summed E-state index contributed by atoms with van der Waals surface area (Å²) in [6, 6.07) is 5.82. The Morgan fingerprint density at radius 1 is 1.15 bits per heavy atom.